The number of benzene rings is 1. The maximum absolute atomic E-state index is 13.1. The molecule has 6 nitrogen and oxygen atoms in total. The van der Waals surface area contributed by atoms with E-state index in [1.807, 2.05) is 13.8 Å². The van der Waals surface area contributed by atoms with Gasteiger partial charge in [0.25, 0.3) is 0 Å². The van der Waals surface area contributed by atoms with Crippen molar-refractivity contribution in [2.45, 2.75) is 30.0 Å². The summed E-state index contributed by atoms with van der Waals surface area (Å²) in [6.45, 7) is 7.59. The molecule has 2 atom stereocenters. The summed E-state index contributed by atoms with van der Waals surface area (Å²) in [4.78, 5) is 0.0422. The molecule has 0 saturated carbocycles. The predicted octanol–water partition coefficient (Wildman–Crippen LogP) is 1.03. The van der Waals surface area contributed by atoms with Crippen LogP contribution in [0.2, 0.25) is 0 Å². The minimum Gasteiger partial charge on any atom is -0.495 e. The molecule has 8 heteroatoms. The van der Waals surface area contributed by atoms with E-state index < -0.39 is 31.0 Å². The van der Waals surface area contributed by atoms with Crippen molar-refractivity contribution in [1.82, 2.24) is 5.32 Å². The normalized spacial score (nSPS) is 23.1. The third-order valence-corrected chi connectivity index (χ3v) is 8.48. The fourth-order valence-electron chi connectivity index (χ4n) is 2.85. The maximum Gasteiger partial charge on any atom is 0.187 e. The maximum atomic E-state index is 13.1. The monoisotopic (exact) mass is 373 g/mol. The van der Waals surface area contributed by atoms with E-state index in [1.54, 1.807) is 18.2 Å². The lowest BCUT2D eigenvalue weighted by atomic mass is 10.1. The summed E-state index contributed by atoms with van der Waals surface area (Å²) >= 11 is 0. The molecule has 0 aliphatic carbocycles. The van der Waals surface area contributed by atoms with Crippen LogP contribution in [0.5, 0.6) is 5.75 Å². The van der Waals surface area contributed by atoms with E-state index in [1.165, 1.54) is 7.11 Å². The van der Waals surface area contributed by atoms with Gasteiger partial charge < -0.3 is 10.1 Å². The van der Waals surface area contributed by atoms with E-state index >= 15 is 0 Å². The molecule has 0 aromatic heterocycles. The molecule has 1 N–H and O–H groups in total. The number of nitrogens with one attached hydrogen (secondary N) is 1. The summed E-state index contributed by atoms with van der Waals surface area (Å²) in [5.74, 6) is -0.345. The molecule has 134 valence electrons. The summed E-state index contributed by atoms with van der Waals surface area (Å²) < 4.78 is 55.5. The van der Waals surface area contributed by atoms with E-state index in [0.29, 0.717) is 6.54 Å². The lowest BCUT2D eigenvalue weighted by Crippen LogP contribution is -2.43. The Labute approximate surface area is 143 Å². The minimum atomic E-state index is -3.87. The first-order chi connectivity index (χ1) is 11.1. The average molecular weight is 373 g/mol. The van der Waals surface area contributed by atoms with Crippen LogP contribution in [0.25, 0.3) is 0 Å². The predicted molar refractivity (Wildman–Crippen MR) is 94.1 cm³/mol. The van der Waals surface area contributed by atoms with Crippen LogP contribution in [0.3, 0.4) is 0 Å². The van der Waals surface area contributed by atoms with E-state index in [-0.39, 0.29) is 22.2 Å². The first-order valence-corrected chi connectivity index (χ1v) is 10.9. The Morgan fingerprint density at radius 2 is 1.92 bits per heavy atom. The summed E-state index contributed by atoms with van der Waals surface area (Å²) in [5, 5.41) is 1.92. The van der Waals surface area contributed by atoms with E-state index in [2.05, 4.69) is 11.9 Å². The van der Waals surface area contributed by atoms with Gasteiger partial charge in [0.1, 0.15) is 10.6 Å². The molecule has 0 amide bonds. The van der Waals surface area contributed by atoms with Gasteiger partial charge >= 0.3 is 0 Å². The average Bonchev–Trinajstić information content (AvgIpc) is 2.83. The third-order valence-electron chi connectivity index (χ3n) is 4.31. The van der Waals surface area contributed by atoms with Crippen LogP contribution >= 0.6 is 0 Å². The first kappa shape index (κ1) is 19.0. The second kappa shape index (κ2) is 6.85. The van der Waals surface area contributed by atoms with Gasteiger partial charge in [0.05, 0.1) is 23.9 Å². The highest BCUT2D eigenvalue weighted by molar-refractivity contribution is 7.96. The molecule has 0 bridgehead atoms. The standard InChI is InChI=1S/C16H23NO5S2/c1-5-6-17-13-9-23(18,19)10-16(13)24(20,21)15-8-12(3)11(2)7-14(15)22-4/h5,7-8,13,16-17H,1,6,9-10H2,2-4H3. The summed E-state index contributed by atoms with van der Waals surface area (Å²) in [5.41, 5.74) is 1.72. The molecular weight excluding hydrogens is 350 g/mol. The molecule has 1 aromatic carbocycles. The Hall–Kier alpha value is -1.38. The van der Waals surface area contributed by atoms with Crippen LogP contribution in [-0.4, -0.2) is 53.3 Å². The Balaban J connectivity index is 2.52. The summed E-state index contributed by atoms with van der Waals surface area (Å²) in [6, 6.07) is 2.56. The molecule has 1 heterocycles. The Bertz CT molecular complexity index is 843. The Morgan fingerprint density at radius 3 is 2.50 bits per heavy atom. The second-order valence-electron chi connectivity index (χ2n) is 6.05. The van der Waals surface area contributed by atoms with Gasteiger partial charge in [-0.05, 0) is 37.1 Å². The van der Waals surface area contributed by atoms with Gasteiger partial charge in [-0.3, -0.25) is 0 Å². The van der Waals surface area contributed by atoms with Gasteiger partial charge in [-0.2, -0.15) is 0 Å². The Morgan fingerprint density at radius 1 is 1.29 bits per heavy atom. The smallest absolute Gasteiger partial charge is 0.187 e. The molecule has 1 aliphatic rings. The Kier molecular flexibility index (Phi) is 5.41. The highest BCUT2D eigenvalue weighted by Crippen LogP contribution is 2.33. The van der Waals surface area contributed by atoms with Crippen molar-refractivity contribution in [1.29, 1.82) is 0 Å². The second-order valence-corrected chi connectivity index (χ2v) is 10.3. The van der Waals surface area contributed by atoms with Crippen LogP contribution in [0.15, 0.2) is 29.7 Å². The number of ether oxygens (including phenoxy) is 1. The van der Waals surface area contributed by atoms with Crippen LogP contribution < -0.4 is 10.1 Å². The molecule has 1 saturated heterocycles. The van der Waals surface area contributed by atoms with Crippen molar-refractivity contribution in [2.24, 2.45) is 0 Å². The zero-order chi connectivity index (χ0) is 18.1. The van der Waals surface area contributed by atoms with Gasteiger partial charge in [-0.25, -0.2) is 16.8 Å². The topological polar surface area (TPSA) is 89.5 Å². The van der Waals surface area contributed by atoms with Crippen LogP contribution in [0.4, 0.5) is 0 Å². The number of rotatable bonds is 6. The molecular formula is C16H23NO5S2. The largest absolute Gasteiger partial charge is 0.495 e. The van der Waals surface area contributed by atoms with Crippen molar-refractivity contribution < 1.29 is 21.6 Å². The number of aryl methyl sites for hydroxylation is 2. The van der Waals surface area contributed by atoms with Gasteiger partial charge in [-0.1, -0.05) is 6.08 Å². The number of hydrogen-bond donors (Lipinski definition) is 1. The molecule has 1 aliphatic heterocycles. The van der Waals surface area contributed by atoms with E-state index in [4.69, 9.17) is 4.74 Å². The van der Waals surface area contributed by atoms with E-state index in [9.17, 15) is 16.8 Å². The minimum absolute atomic E-state index is 0.0422. The molecule has 0 spiro atoms. The lowest BCUT2D eigenvalue weighted by Gasteiger charge is -2.21. The highest BCUT2D eigenvalue weighted by atomic mass is 32.2. The quantitative estimate of drug-likeness (QED) is 0.749. The lowest BCUT2D eigenvalue weighted by molar-refractivity contribution is 0.401. The first-order valence-electron chi connectivity index (χ1n) is 7.56. The van der Waals surface area contributed by atoms with Gasteiger partial charge in [-0.15, -0.1) is 6.58 Å². The zero-order valence-electron chi connectivity index (χ0n) is 14.1. The molecule has 1 fully saturated rings. The van der Waals surface area contributed by atoms with Crippen molar-refractivity contribution in [3.05, 3.63) is 35.9 Å². The highest BCUT2D eigenvalue weighted by Gasteiger charge is 2.46. The molecule has 1 aromatic rings. The van der Waals surface area contributed by atoms with Crippen molar-refractivity contribution in [3.63, 3.8) is 0 Å². The zero-order valence-corrected chi connectivity index (χ0v) is 15.7. The van der Waals surface area contributed by atoms with Crippen LogP contribution in [-0.2, 0) is 19.7 Å². The molecule has 2 unspecified atom stereocenters. The SMILES string of the molecule is C=CCNC1CS(=O)(=O)CC1S(=O)(=O)c1cc(C)c(C)cc1OC. The van der Waals surface area contributed by atoms with Crippen molar-refractivity contribution in [3.8, 4) is 5.75 Å². The molecule has 2 rings (SSSR count). The van der Waals surface area contributed by atoms with Crippen molar-refractivity contribution >= 4 is 19.7 Å². The number of hydrogen-bond acceptors (Lipinski definition) is 6. The third kappa shape index (κ3) is 3.65. The molecule has 24 heavy (non-hydrogen) atoms. The summed E-state index contributed by atoms with van der Waals surface area (Å²) in [6.07, 6.45) is 1.57. The van der Waals surface area contributed by atoms with E-state index in [0.717, 1.165) is 11.1 Å². The number of methoxy groups -OCH3 is 1. The van der Waals surface area contributed by atoms with Gasteiger partial charge in [0.15, 0.2) is 19.7 Å². The van der Waals surface area contributed by atoms with Gasteiger partial charge in [0, 0.05) is 12.6 Å². The van der Waals surface area contributed by atoms with Gasteiger partial charge in [0.2, 0.25) is 0 Å². The van der Waals surface area contributed by atoms with Crippen molar-refractivity contribution in [2.75, 3.05) is 25.2 Å². The molecule has 0 radical (unpaired) electrons. The fourth-order valence-corrected chi connectivity index (χ4v) is 7.80. The van der Waals surface area contributed by atoms with Crippen LogP contribution in [0, 0.1) is 13.8 Å². The van der Waals surface area contributed by atoms with Crippen LogP contribution in [0.1, 0.15) is 11.1 Å². The number of sulfone groups is 2. The summed E-state index contributed by atoms with van der Waals surface area (Å²) in [7, 11) is -5.89. The fraction of sp³-hybridized carbons (Fsp3) is 0.500.